The van der Waals surface area contributed by atoms with Crippen molar-refractivity contribution in [2.45, 2.75) is 17.8 Å². The van der Waals surface area contributed by atoms with Crippen molar-refractivity contribution >= 4 is 7.82 Å². The molecule has 8 heteroatoms. The lowest BCUT2D eigenvalue weighted by atomic mass is 10.0. The van der Waals surface area contributed by atoms with E-state index in [2.05, 4.69) is 4.52 Å². The summed E-state index contributed by atoms with van der Waals surface area (Å²) in [4.78, 5) is 17.3. The lowest BCUT2D eigenvalue weighted by Crippen LogP contribution is -2.44. The Hall–Kier alpha value is -0.0100. The van der Waals surface area contributed by atoms with Gasteiger partial charge in [0.1, 0.15) is 17.8 Å². The van der Waals surface area contributed by atoms with Gasteiger partial charge < -0.3 is 24.4 Å². The van der Waals surface area contributed by atoms with Gasteiger partial charge in [-0.15, -0.1) is 0 Å². The molecule has 2 aliphatic rings. The van der Waals surface area contributed by atoms with Crippen molar-refractivity contribution in [2.24, 2.45) is 0 Å². The minimum Gasteiger partial charge on any atom is -0.393 e. The molecule has 14 heavy (non-hydrogen) atoms. The van der Waals surface area contributed by atoms with E-state index >= 15 is 0 Å². The Labute approximate surface area is 79.8 Å². The van der Waals surface area contributed by atoms with Crippen LogP contribution in [0.5, 0.6) is 0 Å². The van der Waals surface area contributed by atoms with Gasteiger partial charge in [0, 0.05) is 0 Å². The Balaban J connectivity index is 2.15. The Morgan fingerprint density at radius 2 is 2.29 bits per heavy atom. The zero-order valence-corrected chi connectivity index (χ0v) is 8.09. The third-order valence-corrected chi connectivity index (χ3v) is 2.95. The van der Waals surface area contributed by atoms with Crippen LogP contribution in [0.1, 0.15) is 0 Å². The molecule has 2 saturated heterocycles. The van der Waals surface area contributed by atoms with Crippen molar-refractivity contribution in [1.82, 2.24) is 0 Å². The van der Waals surface area contributed by atoms with Crippen molar-refractivity contribution in [3.8, 4) is 0 Å². The van der Waals surface area contributed by atoms with Crippen LogP contribution in [0.15, 0.2) is 0 Å². The summed E-state index contributed by atoms with van der Waals surface area (Å²) in [5.74, 6) is 0. The second-order valence-corrected chi connectivity index (χ2v) is 4.59. The van der Waals surface area contributed by atoms with Gasteiger partial charge in [0.15, 0.2) is 0 Å². The largest absolute Gasteiger partial charge is 0.470 e. The number of aliphatic hydroxyl groups excluding tert-OH is 1. The summed E-state index contributed by atoms with van der Waals surface area (Å²) in [5.41, 5.74) is -1.11. The van der Waals surface area contributed by atoms with Gasteiger partial charge in [0.2, 0.25) is 0 Å². The summed E-state index contributed by atoms with van der Waals surface area (Å²) in [6.45, 7) is -0.0990. The number of aliphatic hydroxyl groups is 1. The van der Waals surface area contributed by atoms with E-state index in [1.54, 1.807) is 0 Å². The van der Waals surface area contributed by atoms with Gasteiger partial charge in [-0.2, -0.15) is 0 Å². The maximum Gasteiger partial charge on any atom is 0.470 e. The molecule has 0 radical (unpaired) electrons. The maximum atomic E-state index is 10.6. The summed E-state index contributed by atoms with van der Waals surface area (Å²) in [6.07, 6.45) is -1.40. The number of rotatable bonds is 3. The molecule has 0 saturated carbocycles. The van der Waals surface area contributed by atoms with Crippen LogP contribution >= 0.6 is 7.82 Å². The molecule has 2 heterocycles. The first kappa shape index (κ1) is 10.5. The van der Waals surface area contributed by atoms with Crippen molar-refractivity contribution < 1.29 is 33.5 Å². The zero-order valence-electron chi connectivity index (χ0n) is 7.20. The third-order valence-electron chi connectivity index (χ3n) is 2.45. The molecule has 3 N–H and O–H groups in total. The number of phosphoric ester groups is 1. The highest BCUT2D eigenvalue weighted by Crippen LogP contribution is 2.47. The van der Waals surface area contributed by atoms with E-state index in [1.807, 2.05) is 0 Å². The molecule has 2 fully saturated rings. The van der Waals surface area contributed by atoms with Crippen molar-refractivity contribution in [2.75, 3.05) is 19.8 Å². The van der Waals surface area contributed by atoms with Gasteiger partial charge >= 0.3 is 7.82 Å². The number of hydrogen-bond acceptors (Lipinski definition) is 5. The van der Waals surface area contributed by atoms with Gasteiger partial charge in [0.05, 0.1) is 19.8 Å². The van der Waals surface area contributed by atoms with E-state index in [9.17, 15) is 4.57 Å². The lowest BCUT2D eigenvalue weighted by molar-refractivity contribution is -0.122. The van der Waals surface area contributed by atoms with Gasteiger partial charge in [-0.3, -0.25) is 4.52 Å². The maximum absolute atomic E-state index is 10.6. The summed E-state index contributed by atoms with van der Waals surface area (Å²) >= 11 is 0. The highest BCUT2D eigenvalue weighted by atomic mass is 31.2. The molecule has 0 aromatic heterocycles. The zero-order chi connectivity index (χ0) is 10.4. The molecular weight excluding hydrogens is 215 g/mol. The highest BCUT2D eigenvalue weighted by Gasteiger charge is 2.59. The van der Waals surface area contributed by atoms with Gasteiger partial charge in [-0.1, -0.05) is 0 Å². The number of ether oxygens (including phenoxy) is 2. The Kier molecular flexibility index (Phi) is 2.43. The first-order valence-corrected chi connectivity index (χ1v) is 5.60. The minimum atomic E-state index is -4.58. The normalized spacial score (nSPS) is 41.9. The monoisotopic (exact) mass is 226 g/mol. The second kappa shape index (κ2) is 3.24. The topological polar surface area (TPSA) is 105 Å². The fourth-order valence-electron chi connectivity index (χ4n) is 1.76. The van der Waals surface area contributed by atoms with Gasteiger partial charge in [-0.05, 0) is 0 Å². The van der Waals surface area contributed by atoms with Crippen molar-refractivity contribution in [3.63, 3.8) is 0 Å². The second-order valence-electron chi connectivity index (χ2n) is 3.40. The molecule has 7 nitrogen and oxygen atoms in total. The Morgan fingerprint density at radius 3 is 2.71 bits per heavy atom. The van der Waals surface area contributed by atoms with Gasteiger partial charge in [-0.25, -0.2) is 4.57 Å². The summed E-state index contributed by atoms with van der Waals surface area (Å²) in [5, 5.41) is 9.07. The predicted molar refractivity (Wildman–Crippen MR) is 42.4 cm³/mol. The third kappa shape index (κ3) is 1.61. The summed E-state index contributed by atoms with van der Waals surface area (Å²) in [7, 11) is -4.58. The molecular formula is C6H11O7P. The molecule has 3 atom stereocenters. The van der Waals surface area contributed by atoms with Crippen LogP contribution in [0.4, 0.5) is 0 Å². The van der Waals surface area contributed by atoms with Crippen LogP contribution in [0.2, 0.25) is 0 Å². The van der Waals surface area contributed by atoms with E-state index in [0.29, 0.717) is 0 Å². The predicted octanol–water partition coefficient (Wildman–Crippen LogP) is -1.38. The lowest BCUT2D eigenvalue weighted by Gasteiger charge is -2.26. The fourth-order valence-corrected chi connectivity index (χ4v) is 2.38. The molecule has 0 aliphatic carbocycles. The van der Waals surface area contributed by atoms with Crippen LogP contribution in [-0.2, 0) is 18.6 Å². The highest BCUT2D eigenvalue weighted by molar-refractivity contribution is 7.46. The van der Waals surface area contributed by atoms with E-state index in [1.165, 1.54) is 0 Å². The molecule has 2 rings (SSSR count). The number of hydrogen-bond donors (Lipinski definition) is 3. The van der Waals surface area contributed by atoms with Crippen molar-refractivity contribution in [1.29, 1.82) is 0 Å². The molecule has 0 spiro atoms. The quantitative estimate of drug-likeness (QED) is 0.509. The van der Waals surface area contributed by atoms with E-state index < -0.39 is 25.6 Å². The average molecular weight is 226 g/mol. The van der Waals surface area contributed by atoms with Crippen LogP contribution in [0.25, 0.3) is 0 Å². The Bertz CT molecular complexity index is 265. The smallest absolute Gasteiger partial charge is 0.393 e. The first-order valence-electron chi connectivity index (χ1n) is 4.07. The SMILES string of the molecule is O=P(O)(O)O[C@H]1[C@@H]2CO[C@@]1(CO)CO2. The Morgan fingerprint density at radius 1 is 1.57 bits per heavy atom. The number of phosphoric acid groups is 1. The molecule has 0 amide bonds. The van der Waals surface area contributed by atoms with Crippen LogP contribution in [0.3, 0.4) is 0 Å². The summed E-state index contributed by atoms with van der Waals surface area (Å²) < 4.78 is 25.5. The molecule has 0 aromatic carbocycles. The van der Waals surface area contributed by atoms with Crippen LogP contribution in [0, 0.1) is 0 Å². The standard InChI is InChI=1S/C6H11O7P/c7-2-6-3-11-4(1-12-6)5(6)13-14(8,9)10/h4-5,7H,1-3H2,(H2,8,9,10)/t4-,5-,6-/m0/s1. The average Bonchev–Trinajstić information content (AvgIpc) is 2.59. The molecule has 0 aromatic rings. The minimum absolute atomic E-state index is 0.0961. The molecule has 2 bridgehead atoms. The van der Waals surface area contributed by atoms with Crippen molar-refractivity contribution in [3.05, 3.63) is 0 Å². The van der Waals surface area contributed by atoms with E-state index in [-0.39, 0.29) is 19.8 Å². The molecule has 82 valence electrons. The first-order chi connectivity index (χ1) is 6.47. The van der Waals surface area contributed by atoms with Crippen LogP contribution in [-0.4, -0.2) is 52.5 Å². The van der Waals surface area contributed by atoms with E-state index in [4.69, 9.17) is 24.4 Å². The molecule has 2 aliphatic heterocycles. The van der Waals surface area contributed by atoms with Gasteiger partial charge in [0.25, 0.3) is 0 Å². The summed E-state index contributed by atoms with van der Waals surface area (Å²) in [6, 6.07) is 0. The van der Waals surface area contributed by atoms with Crippen LogP contribution < -0.4 is 0 Å². The van der Waals surface area contributed by atoms with E-state index in [0.717, 1.165) is 0 Å². The number of fused-ring (bicyclic) bond motifs is 2. The fraction of sp³-hybridized carbons (Fsp3) is 1.00. The molecule has 0 unspecified atom stereocenters.